The summed E-state index contributed by atoms with van der Waals surface area (Å²) in [5, 5.41) is 14.9. The Morgan fingerprint density at radius 1 is 1.22 bits per heavy atom. The molecule has 0 aliphatic heterocycles. The van der Waals surface area contributed by atoms with Crippen LogP contribution in [0.2, 0.25) is 25.7 Å². The minimum Gasteiger partial charge on any atom is -0.349 e. The zero-order valence-corrected chi connectivity index (χ0v) is 21.9. The number of benzene rings is 1. The second-order valence-corrected chi connectivity index (χ2v) is 15.8. The second kappa shape index (κ2) is 9.17. The van der Waals surface area contributed by atoms with Crippen LogP contribution in [0, 0.1) is 18.3 Å². The number of pyridine rings is 1. The number of halogens is 1. The molecule has 0 saturated carbocycles. The van der Waals surface area contributed by atoms with Gasteiger partial charge >= 0.3 is 0 Å². The highest BCUT2D eigenvalue weighted by Crippen LogP contribution is 2.32. The fourth-order valence-corrected chi connectivity index (χ4v) is 4.97. The second-order valence-electron chi connectivity index (χ2n) is 9.08. The molecule has 8 heteroatoms. The fourth-order valence-electron chi connectivity index (χ4n) is 3.54. The molecule has 32 heavy (non-hydrogen) atoms. The van der Waals surface area contributed by atoms with Gasteiger partial charge in [0.25, 0.3) is 0 Å². The van der Waals surface area contributed by atoms with Crippen molar-refractivity contribution in [1.29, 1.82) is 5.26 Å². The molecule has 4 aromatic rings. The SMILES string of the molecule is Cc1ccc(C#N)cc1-n1cc(-c2ccnc3c2ccn3C(I)OCC[Si](C)(C)C)cn1. The van der Waals surface area contributed by atoms with E-state index < -0.39 is 8.07 Å². The van der Waals surface area contributed by atoms with Gasteiger partial charge in [-0.3, -0.25) is 4.57 Å². The molecule has 6 nitrogen and oxygen atoms in total. The smallest absolute Gasteiger partial charge is 0.187 e. The van der Waals surface area contributed by atoms with Crippen LogP contribution in [0.3, 0.4) is 0 Å². The summed E-state index contributed by atoms with van der Waals surface area (Å²) in [6.07, 6.45) is 7.73. The number of aryl methyl sites for hydroxylation is 1. The lowest BCUT2D eigenvalue weighted by molar-refractivity contribution is 0.0939. The molecular formula is C24H26IN5OSi. The van der Waals surface area contributed by atoms with Crippen molar-refractivity contribution in [3.63, 3.8) is 0 Å². The first-order valence-electron chi connectivity index (χ1n) is 10.5. The Morgan fingerprint density at radius 3 is 2.78 bits per heavy atom. The Morgan fingerprint density at radius 2 is 2.03 bits per heavy atom. The van der Waals surface area contributed by atoms with Crippen LogP contribution in [-0.4, -0.2) is 34.0 Å². The van der Waals surface area contributed by atoms with Crippen molar-refractivity contribution in [3.05, 3.63) is 66.2 Å². The molecule has 0 fully saturated rings. The van der Waals surface area contributed by atoms with Crippen molar-refractivity contribution >= 4 is 41.7 Å². The van der Waals surface area contributed by atoms with Gasteiger partial charge in [0, 0.05) is 44.2 Å². The number of ether oxygens (including phenoxy) is 1. The summed E-state index contributed by atoms with van der Waals surface area (Å²) in [6.45, 7) is 9.85. The van der Waals surface area contributed by atoms with Crippen LogP contribution in [0.4, 0.5) is 0 Å². The average molecular weight is 555 g/mol. The minimum atomic E-state index is -1.13. The van der Waals surface area contributed by atoms with E-state index in [1.807, 2.05) is 60.7 Å². The third kappa shape index (κ3) is 4.80. The number of alkyl halides is 1. The minimum absolute atomic E-state index is 0.108. The van der Waals surface area contributed by atoms with Crippen molar-refractivity contribution < 1.29 is 4.74 Å². The van der Waals surface area contributed by atoms with E-state index in [0.29, 0.717) is 5.56 Å². The first-order valence-corrected chi connectivity index (χ1v) is 15.5. The molecule has 0 aliphatic rings. The molecule has 0 bridgehead atoms. The Labute approximate surface area is 203 Å². The van der Waals surface area contributed by atoms with Crippen LogP contribution in [0.25, 0.3) is 27.8 Å². The van der Waals surface area contributed by atoms with E-state index in [0.717, 1.165) is 46.1 Å². The molecule has 164 valence electrons. The van der Waals surface area contributed by atoms with Gasteiger partial charge in [0.2, 0.25) is 0 Å². The monoisotopic (exact) mass is 555 g/mol. The molecule has 0 radical (unpaired) electrons. The third-order valence-electron chi connectivity index (χ3n) is 5.42. The van der Waals surface area contributed by atoms with Gasteiger partial charge in [-0.25, -0.2) is 9.67 Å². The van der Waals surface area contributed by atoms with Gasteiger partial charge in [-0.15, -0.1) is 0 Å². The van der Waals surface area contributed by atoms with Crippen molar-refractivity contribution in [2.45, 2.75) is 36.8 Å². The van der Waals surface area contributed by atoms with E-state index in [2.05, 4.69) is 69.0 Å². The molecule has 4 rings (SSSR count). The lowest BCUT2D eigenvalue weighted by atomic mass is 10.1. The fraction of sp³-hybridized carbons (Fsp3) is 0.292. The van der Waals surface area contributed by atoms with E-state index in [9.17, 15) is 5.26 Å². The highest BCUT2D eigenvalue weighted by Gasteiger charge is 2.17. The number of fused-ring (bicyclic) bond motifs is 1. The van der Waals surface area contributed by atoms with Crippen molar-refractivity contribution in [2.75, 3.05) is 6.61 Å². The standard InChI is InChI=1S/C24H26IN5OSi/c1-17-5-6-18(14-26)13-22(17)30-16-19(15-28-30)20-7-9-27-23-21(20)8-10-29(23)24(25)31-11-12-32(2,3)4/h5-10,13,15-16,24H,11-12H2,1-4H3. The van der Waals surface area contributed by atoms with Gasteiger partial charge in [-0.05, 0) is 71.0 Å². The maximum atomic E-state index is 9.24. The topological polar surface area (TPSA) is 68.7 Å². The van der Waals surface area contributed by atoms with Crippen LogP contribution in [0.1, 0.15) is 15.4 Å². The first kappa shape index (κ1) is 22.7. The van der Waals surface area contributed by atoms with Crippen LogP contribution >= 0.6 is 22.6 Å². The summed E-state index contributed by atoms with van der Waals surface area (Å²) in [7, 11) is -1.13. The van der Waals surface area contributed by atoms with Gasteiger partial charge in [0.1, 0.15) is 5.65 Å². The Balaban J connectivity index is 1.64. The molecule has 0 saturated heterocycles. The molecule has 0 N–H and O–H groups in total. The van der Waals surface area contributed by atoms with Crippen LogP contribution in [0.15, 0.2) is 55.1 Å². The third-order valence-corrected chi connectivity index (χ3v) is 8.08. The Bertz CT molecular complexity index is 1300. The van der Waals surface area contributed by atoms with Crippen molar-refractivity contribution in [2.24, 2.45) is 0 Å². The summed E-state index contributed by atoms with van der Waals surface area (Å²) in [5.41, 5.74) is 5.55. The lowest BCUT2D eigenvalue weighted by Gasteiger charge is -2.19. The van der Waals surface area contributed by atoms with E-state index >= 15 is 0 Å². The van der Waals surface area contributed by atoms with Crippen LogP contribution in [-0.2, 0) is 4.74 Å². The van der Waals surface area contributed by atoms with E-state index in [1.165, 1.54) is 0 Å². The summed E-state index contributed by atoms with van der Waals surface area (Å²) in [4.78, 5) is 4.63. The zero-order chi connectivity index (χ0) is 22.9. The predicted octanol–water partition coefficient (Wildman–Crippen LogP) is 6.32. The maximum Gasteiger partial charge on any atom is 0.187 e. The molecular weight excluding hydrogens is 529 g/mol. The summed E-state index contributed by atoms with van der Waals surface area (Å²) >= 11 is 2.33. The molecule has 0 amide bonds. The highest BCUT2D eigenvalue weighted by molar-refractivity contribution is 14.1. The van der Waals surface area contributed by atoms with E-state index in [-0.39, 0.29) is 4.23 Å². The summed E-state index contributed by atoms with van der Waals surface area (Å²) in [6, 6.07) is 13.1. The maximum absolute atomic E-state index is 9.24. The first-order chi connectivity index (χ1) is 15.3. The quantitative estimate of drug-likeness (QED) is 0.152. The number of hydrogen-bond donors (Lipinski definition) is 0. The number of hydrogen-bond acceptors (Lipinski definition) is 4. The summed E-state index contributed by atoms with van der Waals surface area (Å²) < 4.78 is 9.91. The normalized spacial score (nSPS) is 12.8. The van der Waals surface area contributed by atoms with Gasteiger partial charge in [0.15, 0.2) is 4.23 Å². The van der Waals surface area contributed by atoms with Gasteiger partial charge in [-0.1, -0.05) is 25.7 Å². The molecule has 1 atom stereocenters. The Hall–Kier alpha value is -2.48. The van der Waals surface area contributed by atoms with Gasteiger partial charge < -0.3 is 4.74 Å². The van der Waals surface area contributed by atoms with Crippen LogP contribution in [0.5, 0.6) is 0 Å². The van der Waals surface area contributed by atoms with Crippen LogP contribution < -0.4 is 0 Å². The number of nitrogens with zero attached hydrogens (tertiary/aromatic N) is 5. The van der Waals surface area contributed by atoms with E-state index in [1.54, 1.807) is 0 Å². The highest BCUT2D eigenvalue weighted by atomic mass is 127. The largest absolute Gasteiger partial charge is 0.349 e. The van der Waals surface area contributed by atoms with E-state index in [4.69, 9.17) is 4.74 Å². The van der Waals surface area contributed by atoms with Gasteiger partial charge in [0.05, 0.1) is 23.5 Å². The lowest BCUT2D eigenvalue weighted by Crippen LogP contribution is -2.22. The molecule has 0 spiro atoms. The molecule has 0 aliphatic carbocycles. The molecule has 3 heterocycles. The molecule has 1 unspecified atom stereocenters. The average Bonchev–Trinajstić information content (AvgIpc) is 3.40. The number of aromatic nitrogens is 4. The molecule has 3 aromatic heterocycles. The number of nitriles is 1. The summed E-state index contributed by atoms with van der Waals surface area (Å²) in [5.74, 6) is 0. The molecule has 1 aromatic carbocycles. The van der Waals surface area contributed by atoms with Crippen molar-refractivity contribution in [3.8, 4) is 22.9 Å². The zero-order valence-electron chi connectivity index (χ0n) is 18.7. The number of rotatable bonds is 7. The van der Waals surface area contributed by atoms with Gasteiger partial charge in [-0.2, -0.15) is 10.4 Å². The Kier molecular flexibility index (Phi) is 6.51. The predicted molar refractivity (Wildman–Crippen MR) is 139 cm³/mol. The van der Waals surface area contributed by atoms with Crippen molar-refractivity contribution in [1.82, 2.24) is 19.3 Å².